The van der Waals surface area contributed by atoms with Gasteiger partial charge in [-0.15, -0.1) is 0 Å². The van der Waals surface area contributed by atoms with Crippen molar-refractivity contribution in [2.45, 2.75) is 37.5 Å². The number of nitrogens with zero attached hydrogens (tertiary/aromatic N) is 1. The normalized spacial score (nSPS) is 14.8. The van der Waals surface area contributed by atoms with Crippen molar-refractivity contribution in [1.29, 1.82) is 5.26 Å². The van der Waals surface area contributed by atoms with E-state index in [9.17, 15) is 35.1 Å². The standard InChI is InChI=1S/C20H14F9NO/c1-11-7-14(10-31-2)16(13-5-3-12(9-30)4-6-13)15(8-11)17(21,19(24,25)26)18(22,23)20(27,28)29/h3-8H,10H2,1-2H3. The molecule has 2 nitrogen and oxygen atoms in total. The molecule has 0 fully saturated rings. The maximum absolute atomic E-state index is 15.3. The summed E-state index contributed by atoms with van der Waals surface area (Å²) in [6, 6.07) is 7.46. The highest BCUT2D eigenvalue weighted by atomic mass is 19.4. The maximum Gasteiger partial charge on any atom is 0.457 e. The predicted octanol–water partition coefficient (Wildman–Crippen LogP) is 6.60. The molecule has 2 aromatic rings. The zero-order valence-electron chi connectivity index (χ0n) is 15.9. The van der Waals surface area contributed by atoms with Crippen molar-refractivity contribution in [1.82, 2.24) is 0 Å². The minimum absolute atomic E-state index is 0.0358. The van der Waals surface area contributed by atoms with Crippen LogP contribution in [0.1, 0.15) is 22.3 Å². The average molecular weight is 455 g/mol. The maximum atomic E-state index is 15.3. The average Bonchev–Trinajstić information content (AvgIpc) is 2.65. The van der Waals surface area contributed by atoms with Gasteiger partial charge in [0.25, 0.3) is 0 Å². The quantitative estimate of drug-likeness (QED) is 0.476. The molecule has 0 N–H and O–H groups in total. The molecular formula is C20H14F9NO. The molecule has 0 heterocycles. The second-order valence-corrected chi connectivity index (χ2v) is 6.70. The van der Waals surface area contributed by atoms with Crippen LogP contribution in [0, 0.1) is 18.3 Å². The Morgan fingerprint density at radius 1 is 0.871 bits per heavy atom. The molecular weight excluding hydrogens is 441 g/mol. The van der Waals surface area contributed by atoms with Gasteiger partial charge >= 0.3 is 23.9 Å². The number of ether oxygens (including phenoxy) is 1. The Labute approximate surface area is 170 Å². The van der Waals surface area contributed by atoms with Gasteiger partial charge in [-0.05, 0) is 35.7 Å². The number of nitriles is 1. The number of alkyl halides is 9. The van der Waals surface area contributed by atoms with Gasteiger partial charge in [-0.25, -0.2) is 4.39 Å². The van der Waals surface area contributed by atoms with Crippen molar-refractivity contribution in [2.75, 3.05) is 7.11 Å². The lowest BCUT2D eigenvalue weighted by Crippen LogP contribution is -2.60. The number of hydrogen-bond donors (Lipinski definition) is 0. The van der Waals surface area contributed by atoms with Crippen LogP contribution in [0.5, 0.6) is 0 Å². The first-order valence-corrected chi connectivity index (χ1v) is 8.45. The van der Waals surface area contributed by atoms with E-state index in [-0.39, 0.29) is 22.3 Å². The Hall–Kier alpha value is -2.74. The fourth-order valence-corrected chi connectivity index (χ4v) is 3.15. The van der Waals surface area contributed by atoms with E-state index in [1.807, 2.05) is 0 Å². The summed E-state index contributed by atoms with van der Waals surface area (Å²) in [5.74, 6) is -6.81. The molecule has 0 aromatic heterocycles. The summed E-state index contributed by atoms with van der Waals surface area (Å²) < 4.78 is 128. The molecule has 0 aliphatic heterocycles. The minimum Gasteiger partial charge on any atom is -0.380 e. The summed E-state index contributed by atoms with van der Waals surface area (Å²) in [5.41, 5.74) is -9.54. The summed E-state index contributed by atoms with van der Waals surface area (Å²) in [5, 5.41) is 8.86. The van der Waals surface area contributed by atoms with Gasteiger partial charge in [0.2, 0.25) is 0 Å². The molecule has 0 aliphatic rings. The van der Waals surface area contributed by atoms with E-state index in [2.05, 4.69) is 0 Å². The van der Waals surface area contributed by atoms with Gasteiger partial charge in [0.05, 0.1) is 18.2 Å². The highest BCUT2D eigenvalue weighted by molar-refractivity contribution is 5.74. The van der Waals surface area contributed by atoms with E-state index in [4.69, 9.17) is 10.00 Å². The summed E-state index contributed by atoms with van der Waals surface area (Å²) in [6.45, 7) is 0.614. The summed E-state index contributed by atoms with van der Waals surface area (Å²) in [4.78, 5) is 0. The smallest absolute Gasteiger partial charge is 0.380 e. The topological polar surface area (TPSA) is 33.0 Å². The van der Waals surface area contributed by atoms with Gasteiger partial charge < -0.3 is 4.74 Å². The van der Waals surface area contributed by atoms with E-state index < -0.39 is 41.7 Å². The number of rotatable bonds is 5. The van der Waals surface area contributed by atoms with E-state index in [0.717, 1.165) is 38.3 Å². The van der Waals surface area contributed by atoms with Crippen molar-refractivity contribution >= 4 is 0 Å². The number of methoxy groups -OCH3 is 1. The number of benzene rings is 2. The molecule has 31 heavy (non-hydrogen) atoms. The van der Waals surface area contributed by atoms with Crippen LogP contribution >= 0.6 is 0 Å². The van der Waals surface area contributed by atoms with Crippen LogP contribution in [0.15, 0.2) is 36.4 Å². The first-order chi connectivity index (χ1) is 14.1. The van der Waals surface area contributed by atoms with E-state index in [1.54, 1.807) is 6.07 Å². The molecule has 1 atom stereocenters. The molecule has 0 amide bonds. The van der Waals surface area contributed by atoms with Gasteiger partial charge in [-0.3, -0.25) is 0 Å². The van der Waals surface area contributed by atoms with Crippen molar-refractivity contribution in [3.05, 3.63) is 58.7 Å². The fraction of sp³-hybridized carbons (Fsp3) is 0.350. The van der Waals surface area contributed by atoms with Crippen LogP contribution in [0.4, 0.5) is 39.5 Å². The minimum atomic E-state index is -6.84. The zero-order valence-corrected chi connectivity index (χ0v) is 15.9. The monoisotopic (exact) mass is 455 g/mol. The predicted molar refractivity (Wildman–Crippen MR) is 91.9 cm³/mol. The molecule has 168 valence electrons. The molecule has 0 saturated carbocycles. The molecule has 0 bridgehead atoms. The Morgan fingerprint density at radius 3 is 1.84 bits per heavy atom. The van der Waals surface area contributed by atoms with Crippen LogP contribution in [0.3, 0.4) is 0 Å². The van der Waals surface area contributed by atoms with Crippen molar-refractivity contribution < 1.29 is 44.3 Å². The Bertz CT molecular complexity index is 988. The molecule has 2 aromatic carbocycles. The van der Waals surface area contributed by atoms with Gasteiger partial charge in [0.1, 0.15) is 0 Å². The third-order valence-electron chi connectivity index (χ3n) is 4.52. The van der Waals surface area contributed by atoms with Gasteiger partial charge in [-0.1, -0.05) is 29.8 Å². The van der Waals surface area contributed by atoms with Crippen LogP contribution in [0.2, 0.25) is 0 Å². The highest BCUT2D eigenvalue weighted by Gasteiger charge is 2.82. The van der Waals surface area contributed by atoms with Crippen LogP contribution in [0.25, 0.3) is 11.1 Å². The third kappa shape index (κ3) is 4.08. The van der Waals surface area contributed by atoms with Gasteiger partial charge in [-0.2, -0.15) is 40.4 Å². The number of halogens is 9. The molecule has 0 spiro atoms. The second kappa shape index (κ2) is 8.07. The van der Waals surface area contributed by atoms with Crippen LogP contribution in [-0.2, 0) is 17.0 Å². The van der Waals surface area contributed by atoms with E-state index in [0.29, 0.717) is 6.07 Å². The lowest BCUT2D eigenvalue weighted by atomic mass is 9.80. The van der Waals surface area contributed by atoms with Crippen molar-refractivity contribution in [3.8, 4) is 17.2 Å². The van der Waals surface area contributed by atoms with E-state index in [1.165, 1.54) is 6.07 Å². The SMILES string of the molecule is COCc1cc(C)cc(C(F)(C(F)(F)F)C(F)(F)C(F)(F)F)c1-c1ccc(C#N)cc1. The summed E-state index contributed by atoms with van der Waals surface area (Å²) in [6.07, 6.45) is -13.5. The third-order valence-corrected chi connectivity index (χ3v) is 4.52. The first-order valence-electron chi connectivity index (χ1n) is 8.45. The molecule has 2 rings (SSSR count). The van der Waals surface area contributed by atoms with Crippen molar-refractivity contribution in [3.63, 3.8) is 0 Å². The molecule has 0 saturated heterocycles. The fourth-order valence-electron chi connectivity index (χ4n) is 3.15. The van der Waals surface area contributed by atoms with Crippen molar-refractivity contribution in [2.24, 2.45) is 0 Å². The van der Waals surface area contributed by atoms with Gasteiger partial charge in [0, 0.05) is 12.7 Å². The van der Waals surface area contributed by atoms with Crippen LogP contribution in [-0.4, -0.2) is 25.4 Å². The zero-order chi connectivity index (χ0) is 23.8. The highest BCUT2D eigenvalue weighted by Crippen LogP contribution is 2.60. The second-order valence-electron chi connectivity index (χ2n) is 6.70. The number of aryl methyl sites for hydroxylation is 1. The Kier molecular flexibility index (Phi) is 6.39. The van der Waals surface area contributed by atoms with Gasteiger partial charge in [0.15, 0.2) is 0 Å². The lowest BCUT2D eigenvalue weighted by Gasteiger charge is -2.37. The Morgan fingerprint density at radius 2 is 1.42 bits per heavy atom. The molecule has 1 unspecified atom stereocenters. The van der Waals surface area contributed by atoms with Crippen LogP contribution < -0.4 is 0 Å². The molecule has 0 radical (unpaired) electrons. The molecule has 0 aliphatic carbocycles. The number of hydrogen-bond acceptors (Lipinski definition) is 2. The summed E-state index contributed by atoms with van der Waals surface area (Å²) in [7, 11) is 1.11. The first kappa shape index (κ1) is 24.5. The molecule has 11 heteroatoms. The largest absolute Gasteiger partial charge is 0.457 e. The Balaban J connectivity index is 3.03. The lowest BCUT2D eigenvalue weighted by molar-refractivity contribution is -0.389. The van der Waals surface area contributed by atoms with E-state index >= 15 is 4.39 Å². The summed E-state index contributed by atoms with van der Waals surface area (Å²) >= 11 is 0.